The zero-order chi connectivity index (χ0) is 24.9. The molecule has 5 rings (SSSR count). The van der Waals surface area contributed by atoms with E-state index in [4.69, 9.17) is 9.47 Å². The van der Waals surface area contributed by atoms with Gasteiger partial charge in [0.15, 0.2) is 0 Å². The molecule has 1 fully saturated rings. The van der Waals surface area contributed by atoms with E-state index in [1.165, 1.54) is 11.1 Å². The van der Waals surface area contributed by atoms with E-state index in [9.17, 15) is 4.79 Å². The monoisotopic (exact) mass is 484 g/mol. The lowest BCUT2D eigenvalue weighted by Crippen LogP contribution is -2.40. The van der Waals surface area contributed by atoms with Crippen LogP contribution in [0, 0.1) is 6.92 Å². The highest BCUT2D eigenvalue weighted by atomic mass is 16.5. The Morgan fingerprint density at radius 2 is 1.97 bits per heavy atom. The molecule has 1 aliphatic rings. The predicted octanol–water partition coefficient (Wildman–Crippen LogP) is 4.37. The molecule has 0 bridgehead atoms. The van der Waals surface area contributed by atoms with Crippen molar-refractivity contribution in [3.8, 4) is 5.75 Å². The van der Waals surface area contributed by atoms with Gasteiger partial charge in [0.2, 0.25) is 0 Å². The van der Waals surface area contributed by atoms with Crippen molar-refractivity contribution in [3.63, 3.8) is 0 Å². The van der Waals surface area contributed by atoms with Crippen LogP contribution in [0.2, 0.25) is 0 Å². The lowest BCUT2D eigenvalue weighted by atomic mass is 10.1. The van der Waals surface area contributed by atoms with E-state index >= 15 is 0 Å². The van der Waals surface area contributed by atoms with Crippen LogP contribution in [-0.4, -0.2) is 46.0 Å². The molecule has 7 nitrogen and oxygen atoms in total. The molecule has 3 heterocycles. The van der Waals surface area contributed by atoms with Crippen molar-refractivity contribution >= 4 is 11.6 Å². The number of hydrogen-bond donors (Lipinski definition) is 1. The summed E-state index contributed by atoms with van der Waals surface area (Å²) in [6.45, 7) is 8.52. The number of ether oxygens (including phenoxy) is 2. The normalized spacial score (nSPS) is 16.2. The zero-order valence-corrected chi connectivity index (χ0v) is 20.8. The highest BCUT2D eigenvalue weighted by Gasteiger charge is 2.16. The van der Waals surface area contributed by atoms with Crippen LogP contribution in [0.15, 0.2) is 73.1 Å². The number of nitrogens with one attached hydrogen (secondary N) is 1. The Morgan fingerprint density at radius 3 is 2.86 bits per heavy atom. The van der Waals surface area contributed by atoms with Crippen molar-refractivity contribution in [3.05, 3.63) is 101 Å². The maximum Gasteiger partial charge on any atom is 0.251 e. The molecule has 186 valence electrons. The van der Waals surface area contributed by atoms with E-state index in [-0.39, 0.29) is 12.0 Å². The first-order valence-electron chi connectivity index (χ1n) is 12.4. The summed E-state index contributed by atoms with van der Waals surface area (Å²) < 4.78 is 13.6. The largest absolute Gasteiger partial charge is 0.487 e. The van der Waals surface area contributed by atoms with E-state index in [0.29, 0.717) is 24.5 Å². The fraction of sp³-hybridized carbons (Fsp3) is 0.310. The van der Waals surface area contributed by atoms with Crippen LogP contribution in [0.25, 0.3) is 5.65 Å². The summed E-state index contributed by atoms with van der Waals surface area (Å²) in [7, 11) is 0. The molecule has 1 saturated heterocycles. The molecule has 2 aromatic carbocycles. The van der Waals surface area contributed by atoms with E-state index in [2.05, 4.69) is 47.2 Å². The number of aromatic nitrogens is 2. The summed E-state index contributed by atoms with van der Waals surface area (Å²) in [4.78, 5) is 19.8. The molecular formula is C29H32N4O3. The Balaban J connectivity index is 1.16. The van der Waals surface area contributed by atoms with Gasteiger partial charge in [0.05, 0.1) is 18.4 Å². The average Bonchev–Trinajstić information content (AvgIpc) is 3.28. The number of carbonyl (C=O) groups is 1. The number of pyridine rings is 1. The lowest BCUT2D eigenvalue weighted by Gasteiger charge is -2.31. The van der Waals surface area contributed by atoms with Gasteiger partial charge >= 0.3 is 0 Å². The standard InChI is InChI=1S/C29H32N4O3/c1-21-9-10-28-31-26(19-33(28)16-21)20-36-27-8-4-7-25(14-27)29(34)30-15-23-5-3-6-24(13-23)18-32-11-12-35-22(2)17-32/h3-10,13-14,16,19,22H,11-12,15,17-18,20H2,1-2H3,(H,30,34). The van der Waals surface area contributed by atoms with E-state index in [1.807, 2.05) is 47.1 Å². The van der Waals surface area contributed by atoms with Crippen LogP contribution in [0.3, 0.4) is 0 Å². The number of carbonyl (C=O) groups excluding carboxylic acids is 1. The predicted molar refractivity (Wildman–Crippen MR) is 139 cm³/mol. The first-order chi connectivity index (χ1) is 17.5. The molecule has 1 N–H and O–H groups in total. The molecule has 0 aliphatic carbocycles. The van der Waals surface area contributed by atoms with Crippen molar-refractivity contribution in [2.75, 3.05) is 19.7 Å². The Kier molecular flexibility index (Phi) is 7.30. The molecule has 1 aliphatic heterocycles. The topological polar surface area (TPSA) is 68.1 Å². The molecule has 0 spiro atoms. The van der Waals surface area contributed by atoms with Gasteiger partial charge in [-0.25, -0.2) is 4.98 Å². The van der Waals surface area contributed by atoms with Gasteiger partial charge in [-0.05, 0) is 54.8 Å². The first kappa shape index (κ1) is 24.0. The van der Waals surface area contributed by atoms with Gasteiger partial charge in [0.25, 0.3) is 5.91 Å². The van der Waals surface area contributed by atoms with Crippen molar-refractivity contribution in [2.24, 2.45) is 0 Å². The SMILES string of the molecule is Cc1ccc2nc(COc3cccc(C(=O)NCc4cccc(CN5CCOC(C)C5)c4)c3)cn2c1. The lowest BCUT2D eigenvalue weighted by molar-refractivity contribution is -0.0212. The number of morpholine rings is 1. The van der Waals surface area contributed by atoms with Crippen LogP contribution in [0.1, 0.15) is 39.7 Å². The van der Waals surface area contributed by atoms with E-state index < -0.39 is 0 Å². The van der Waals surface area contributed by atoms with Gasteiger partial charge in [-0.2, -0.15) is 0 Å². The van der Waals surface area contributed by atoms with Gasteiger partial charge in [-0.1, -0.05) is 36.4 Å². The quantitative estimate of drug-likeness (QED) is 0.402. The second-order valence-electron chi connectivity index (χ2n) is 9.44. The summed E-state index contributed by atoms with van der Waals surface area (Å²) in [6.07, 6.45) is 4.27. The van der Waals surface area contributed by atoms with Crippen LogP contribution >= 0.6 is 0 Å². The molecule has 1 amide bonds. The molecule has 2 aromatic heterocycles. The number of fused-ring (bicyclic) bond motifs is 1. The first-order valence-corrected chi connectivity index (χ1v) is 12.4. The molecule has 36 heavy (non-hydrogen) atoms. The van der Waals surface area contributed by atoms with Crippen molar-refractivity contribution in [1.82, 2.24) is 19.6 Å². The summed E-state index contributed by atoms with van der Waals surface area (Å²) in [6, 6.07) is 19.7. The summed E-state index contributed by atoms with van der Waals surface area (Å²) in [5.41, 5.74) is 5.78. The second-order valence-corrected chi connectivity index (χ2v) is 9.44. The van der Waals surface area contributed by atoms with Crippen molar-refractivity contribution in [1.29, 1.82) is 0 Å². The highest BCUT2D eigenvalue weighted by Crippen LogP contribution is 2.17. The molecule has 1 unspecified atom stereocenters. The van der Waals surface area contributed by atoms with Gasteiger partial charge in [0, 0.05) is 44.1 Å². The Labute approximate surface area is 211 Å². The van der Waals surface area contributed by atoms with Crippen LogP contribution in [0.4, 0.5) is 0 Å². The second kappa shape index (κ2) is 10.9. The summed E-state index contributed by atoms with van der Waals surface area (Å²) in [5.74, 6) is 0.508. The molecule has 0 saturated carbocycles. The Hall–Kier alpha value is -3.68. The molecule has 0 radical (unpaired) electrons. The molecule has 7 heteroatoms. The minimum atomic E-state index is -0.129. The number of benzene rings is 2. The van der Waals surface area contributed by atoms with Crippen LogP contribution in [0.5, 0.6) is 5.75 Å². The maximum atomic E-state index is 12.8. The van der Waals surface area contributed by atoms with E-state index in [0.717, 1.165) is 43.1 Å². The van der Waals surface area contributed by atoms with Gasteiger partial charge in [-0.15, -0.1) is 0 Å². The zero-order valence-electron chi connectivity index (χ0n) is 20.8. The average molecular weight is 485 g/mol. The number of nitrogens with zero attached hydrogens (tertiary/aromatic N) is 3. The van der Waals surface area contributed by atoms with Crippen molar-refractivity contribution in [2.45, 2.75) is 39.6 Å². The van der Waals surface area contributed by atoms with Crippen LogP contribution in [-0.2, 0) is 24.4 Å². The summed E-state index contributed by atoms with van der Waals surface area (Å²) in [5, 5.41) is 3.03. The maximum absolute atomic E-state index is 12.8. The third-order valence-corrected chi connectivity index (χ3v) is 6.31. The fourth-order valence-electron chi connectivity index (χ4n) is 4.52. The third kappa shape index (κ3) is 6.11. The number of rotatable bonds is 8. The number of hydrogen-bond acceptors (Lipinski definition) is 5. The van der Waals surface area contributed by atoms with Crippen LogP contribution < -0.4 is 10.1 Å². The highest BCUT2D eigenvalue weighted by molar-refractivity contribution is 5.94. The third-order valence-electron chi connectivity index (χ3n) is 6.31. The molecule has 4 aromatic rings. The number of aryl methyl sites for hydroxylation is 1. The van der Waals surface area contributed by atoms with Crippen molar-refractivity contribution < 1.29 is 14.3 Å². The Bertz CT molecular complexity index is 1350. The Morgan fingerprint density at radius 1 is 1.11 bits per heavy atom. The summed E-state index contributed by atoms with van der Waals surface area (Å²) >= 11 is 0. The van der Waals surface area contributed by atoms with Gasteiger partial charge in [-0.3, -0.25) is 9.69 Å². The minimum absolute atomic E-state index is 0.129. The van der Waals surface area contributed by atoms with Gasteiger partial charge in [0.1, 0.15) is 18.0 Å². The minimum Gasteiger partial charge on any atom is -0.487 e. The molecule has 1 atom stereocenters. The fourth-order valence-corrected chi connectivity index (χ4v) is 4.52. The van der Waals surface area contributed by atoms with E-state index in [1.54, 1.807) is 12.1 Å². The molecular weight excluding hydrogens is 452 g/mol. The smallest absolute Gasteiger partial charge is 0.251 e. The van der Waals surface area contributed by atoms with Gasteiger partial charge < -0.3 is 19.2 Å². The number of imidazole rings is 1. The number of amides is 1.